The minimum Gasteiger partial charge on any atom is -0.316 e. The van der Waals surface area contributed by atoms with Gasteiger partial charge in [0.2, 0.25) is 0 Å². The van der Waals surface area contributed by atoms with Crippen LogP contribution >= 0.6 is 11.3 Å². The van der Waals surface area contributed by atoms with E-state index in [9.17, 15) is 4.79 Å². The van der Waals surface area contributed by atoms with Gasteiger partial charge >= 0.3 is 0 Å². The molecule has 0 atom stereocenters. The standard InChI is InChI=1S/C5H5NOS/c6-5-2-1-4(3-7)8-5/h1-3H,6H2/p+1. The quantitative estimate of drug-likeness (QED) is 0.548. The minimum atomic E-state index is 0.745. The Hall–Kier alpha value is -0.670. The number of carbonyl (C=O) groups excluding carboxylic acids is 1. The fourth-order valence-electron chi connectivity index (χ4n) is 0.458. The molecular weight excluding hydrogens is 122 g/mol. The number of hydrogen-bond donors (Lipinski definition) is 1. The summed E-state index contributed by atoms with van der Waals surface area (Å²) in [7, 11) is 0. The van der Waals surface area contributed by atoms with Crippen LogP contribution in [0.25, 0.3) is 0 Å². The van der Waals surface area contributed by atoms with E-state index in [0.717, 1.165) is 16.2 Å². The predicted octanol–water partition coefficient (Wildman–Crippen LogP) is 0.434. The van der Waals surface area contributed by atoms with Crippen molar-refractivity contribution in [3.63, 3.8) is 0 Å². The van der Waals surface area contributed by atoms with Gasteiger partial charge in [-0.25, -0.2) is 0 Å². The molecule has 0 fully saturated rings. The molecule has 3 heteroatoms. The number of thiophene rings is 1. The van der Waals surface area contributed by atoms with Gasteiger partial charge in [-0.3, -0.25) is 4.79 Å². The maximum atomic E-state index is 10.0. The van der Waals surface area contributed by atoms with Gasteiger partial charge in [0.05, 0.1) is 4.88 Å². The van der Waals surface area contributed by atoms with Crippen molar-refractivity contribution in [2.45, 2.75) is 0 Å². The lowest BCUT2D eigenvalue weighted by Crippen LogP contribution is -2.38. The van der Waals surface area contributed by atoms with E-state index in [1.165, 1.54) is 11.3 Å². The maximum Gasteiger partial charge on any atom is 0.183 e. The zero-order valence-electron chi connectivity index (χ0n) is 4.26. The number of aldehydes is 1. The largest absolute Gasteiger partial charge is 0.316 e. The Balaban J connectivity index is 3.00. The summed E-state index contributed by atoms with van der Waals surface area (Å²) in [6.45, 7) is 0. The molecule has 0 aliphatic heterocycles. The lowest BCUT2D eigenvalue weighted by molar-refractivity contribution is -0.248. The summed E-state index contributed by atoms with van der Waals surface area (Å²) in [4.78, 5) is 10.7. The molecule has 3 N–H and O–H groups in total. The monoisotopic (exact) mass is 128 g/mol. The molecule has 2 nitrogen and oxygen atoms in total. The van der Waals surface area contributed by atoms with Crippen molar-refractivity contribution in [3.8, 4) is 0 Å². The summed E-state index contributed by atoms with van der Waals surface area (Å²) < 4.78 is 0. The third kappa shape index (κ3) is 0.936. The van der Waals surface area contributed by atoms with Gasteiger partial charge < -0.3 is 5.73 Å². The average molecular weight is 128 g/mol. The summed E-state index contributed by atoms with van der Waals surface area (Å²) in [5.41, 5.74) is 3.65. The summed E-state index contributed by atoms with van der Waals surface area (Å²) in [5, 5.41) is 0.937. The smallest absolute Gasteiger partial charge is 0.183 e. The Morgan fingerprint density at radius 1 is 1.62 bits per heavy atom. The first-order valence-corrected chi connectivity index (χ1v) is 3.01. The van der Waals surface area contributed by atoms with Gasteiger partial charge in [-0.05, 0) is 6.07 Å². The molecule has 0 bridgehead atoms. The van der Waals surface area contributed by atoms with Gasteiger partial charge in [0.15, 0.2) is 11.3 Å². The van der Waals surface area contributed by atoms with Crippen LogP contribution in [0.1, 0.15) is 9.67 Å². The van der Waals surface area contributed by atoms with Crippen molar-refractivity contribution < 1.29 is 10.5 Å². The van der Waals surface area contributed by atoms with Crippen molar-refractivity contribution in [1.29, 1.82) is 0 Å². The van der Waals surface area contributed by atoms with Crippen LogP contribution in [0.15, 0.2) is 12.1 Å². The van der Waals surface area contributed by atoms with Crippen LogP contribution in [0.5, 0.6) is 0 Å². The third-order valence-electron chi connectivity index (χ3n) is 0.799. The zero-order chi connectivity index (χ0) is 5.98. The first kappa shape index (κ1) is 5.47. The van der Waals surface area contributed by atoms with Crippen LogP contribution in [0, 0.1) is 0 Å². The maximum absolute atomic E-state index is 10.0. The summed E-state index contributed by atoms with van der Waals surface area (Å²) >= 11 is 1.41. The number of hydrogen-bond acceptors (Lipinski definition) is 2. The average Bonchev–Trinajstić information content (AvgIpc) is 2.14. The van der Waals surface area contributed by atoms with E-state index in [0.29, 0.717) is 0 Å². The van der Waals surface area contributed by atoms with Crippen molar-refractivity contribution in [1.82, 2.24) is 0 Å². The minimum absolute atomic E-state index is 0.745. The highest BCUT2D eigenvalue weighted by Crippen LogP contribution is 2.13. The Bertz CT molecular complexity index is 194. The number of carbonyl (C=O) groups is 1. The van der Waals surface area contributed by atoms with Gasteiger partial charge in [-0.15, -0.1) is 0 Å². The second kappa shape index (κ2) is 2.07. The third-order valence-corrected chi connectivity index (χ3v) is 1.66. The highest BCUT2D eigenvalue weighted by atomic mass is 32.1. The van der Waals surface area contributed by atoms with Crippen LogP contribution in [-0.4, -0.2) is 6.29 Å². The lowest BCUT2D eigenvalue weighted by atomic mass is 10.5. The van der Waals surface area contributed by atoms with E-state index >= 15 is 0 Å². The van der Waals surface area contributed by atoms with Gasteiger partial charge in [0, 0.05) is 6.07 Å². The van der Waals surface area contributed by atoms with E-state index in [2.05, 4.69) is 5.73 Å². The normalized spacial score (nSPS) is 9.12. The van der Waals surface area contributed by atoms with Crippen molar-refractivity contribution in [2.75, 3.05) is 0 Å². The van der Waals surface area contributed by atoms with Gasteiger partial charge in [0.25, 0.3) is 0 Å². The first-order chi connectivity index (χ1) is 3.83. The molecule has 1 aromatic rings. The van der Waals surface area contributed by atoms with E-state index in [-0.39, 0.29) is 0 Å². The Morgan fingerprint density at radius 2 is 2.38 bits per heavy atom. The van der Waals surface area contributed by atoms with E-state index in [1.807, 2.05) is 6.07 Å². The Kier molecular flexibility index (Phi) is 1.41. The fraction of sp³-hybridized carbons (Fsp3) is 0. The van der Waals surface area contributed by atoms with Gasteiger partial charge in [-0.1, -0.05) is 11.3 Å². The molecule has 42 valence electrons. The number of rotatable bonds is 1. The zero-order valence-corrected chi connectivity index (χ0v) is 5.07. The SMILES string of the molecule is [NH3+]c1ccc(C=O)s1. The van der Waals surface area contributed by atoms with E-state index in [4.69, 9.17) is 0 Å². The predicted molar refractivity (Wildman–Crippen MR) is 32.3 cm³/mol. The van der Waals surface area contributed by atoms with Gasteiger partial charge in [-0.2, -0.15) is 0 Å². The van der Waals surface area contributed by atoms with Crippen molar-refractivity contribution in [3.05, 3.63) is 17.0 Å². The molecule has 0 saturated carbocycles. The second-order valence-electron chi connectivity index (χ2n) is 1.42. The fourth-order valence-corrected chi connectivity index (χ4v) is 1.08. The topological polar surface area (TPSA) is 44.7 Å². The second-order valence-corrected chi connectivity index (χ2v) is 2.62. The van der Waals surface area contributed by atoms with Crippen molar-refractivity contribution in [2.24, 2.45) is 0 Å². The van der Waals surface area contributed by atoms with Crippen LogP contribution in [0.2, 0.25) is 0 Å². The molecule has 0 amide bonds. The summed E-state index contributed by atoms with van der Waals surface area (Å²) in [6, 6.07) is 3.59. The van der Waals surface area contributed by atoms with E-state index in [1.54, 1.807) is 6.07 Å². The summed E-state index contributed by atoms with van der Waals surface area (Å²) in [5.74, 6) is 0. The van der Waals surface area contributed by atoms with Crippen LogP contribution < -0.4 is 5.73 Å². The molecule has 0 saturated heterocycles. The lowest BCUT2D eigenvalue weighted by Gasteiger charge is -1.68. The highest BCUT2D eigenvalue weighted by Gasteiger charge is 1.94. The molecule has 1 heterocycles. The highest BCUT2D eigenvalue weighted by molar-refractivity contribution is 7.16. The van der Waals surface area contributed by atoms with Crippen LogP contribution in [0.3, 0.4) is 0 Å². The van der Waals surface area contributed by atoms with Crippen LogP contribution in [0.4, 0.5) is 5.00 Å². The molecule has 1 aromatic heterocycles. The van der Waals surface area contributed by atoms with E-state index < -0.39 is 0 Å². The molecule has 0 aliphatic carbocycles. The van der Waals surface area contributed by atoms with Gasteiger partial charge in [0.1, 0.15) is 0 Å². The van der Waals surface area contributed by atoms with Crippen LogP contribution in [-0.2, 0) is 0 Å². The Morgan fingerprint density at radius 3 is 2.62 bits per heavy atom. The molecule has 1 rings (SSSR count). The number of quaternary nitrogens is 1. The summed E-state index contributed by atoms with van der Waals surface area (Å²) in [6.07, 6.45) is 0.833. The Labute approximate surface area is 50.9 Å². The molecule has 8 heavy (non-hydrogen) atoms. The molecule has 0 aromatic carbocycles. The van der Waals surface area contributed by atoms with Crippen molar-refractivity contribution >= 4 is 22.6 Å². The molecular formula is C5H6NOS+. The molecule has 0 unspecified atom stereocenters. The first-order valence-electron chi connectivity index (χ1n) is 2.20. The molecule has 0 spiro atoms. The molecule has 0 aliphatic rings. The molecule has 0 radical (unpaired) electrons.